The molecule has 2 unspecified atom stereocenters. The molecule has 2 nitrogen and oxygen atoms in total. The molecule has 2 heterocycles. The fraction of sp³-hybridized carbons (Fsp3) is 0.368. The Labute approximate surface area is 126 Å². The number of hydrogen-bond acceptors (Lipinski definition) is 2. The smallest absolute Gasteiger partial charge is 0.0233 e. The molecule has 2 aliphatic heterocycles. The van der Waals surface area contributed by atoms with Crippen LogP contribution in [0.3, 0.4) is 0 Å². The number of hydrogen-bond donors (Lipinski definition) is 1. The molecule has 0 aliphatic carbocycles. The molecule has 1 N–H and O–H groups in total. The summed E-state index contributed by atoms with van der Waals surface area (Å²) in [6.07, 6.45) is 1.14. The maximum Gasteiger partial charge on any atom is 0.0233 e. The van der Waals surface area contributed by atoms with Crippen LogP contribution in [0.15, 0.2) is 48.5 Å². The molecule has 0 saturated heterocycles. The van der Waals surface area contributed by atoms with Crippen molar-refractivity contribution in [1.29, 1.82) is 0 Å². The van der Waals surface area contributed by atoms with Crippen molar-refractivity contribution in [2.24, 2.45) is 0 Å². The normalized spacial score (nSPS) is 25.2. The standard InChI is InChI=1S/C19H22N2/c1-21-12-16-8-4-5-9-17(16)18(13-21)19-10-14-6-2-3-7-15(14)11-20-19/h2-9,18-20H,10-13H2,1H3. The van der Waals surface area contributed by atoms with Crippen LogP contribution in [0, 0.1) is 0 Å². The Bertz CT molecular complexity index is 650. The molecule has 0 aromatic heterocycles. The molecule has 108 valence electrons. The van der Waals surface area contributed by atoms with Crippen LogP contribution >= 0.6 is 0 Å². The molecule has 0 bridgehead atoms. The third kappa shape index (κ3) is 2.39. The summed E-state index contributed by atoms with van der Waals surface area (Å²) in [6, 6.07) is 18.4. The summed E-state index contributed by atoms with van der Waals surface area (Å²) in [5.74, 6) is 0.591. The van der Waals surface area contributed by atoms with Crippen LogP contribution in [0.25, 0.3) is 0 Å². The van der Waals surface area contributed by atoms with Crippen LogP contribution in [0.4, 0.5) is 0 Å². The molecule has 0 saturated carbocycles. The average molecular weight is 278 g/mol. The van der Waals surface area contributed by atoms with Gasteiger partial charge in [-0.25, -0.2) is 0 Å². The second-order valence-electron chi connectivity index (χ2n) is 6.46. The van der Waals surface area contributed by atoms with Crippen molar-refractivity contribution in [3.63, 3.8) is 0 Å². The van der Waals surface area contributed by atoms with Crippen LogP contribution in [0.5, 0.6) is 0 Å². The fourth-order valence-corrected chi connectivity index (χ4v) is 3.94. The summed E-state index contributed by atoms with van der Waals surface area (Å²) in [7, 11) is 2.24. The zero-order valence-electron chi connectivity index (χ0n) is 12.5. The molecule has 0 amide bonds. The summed E-state index contributed by atoms with van der Waals surface area (Å²) < 4.78 is 0. The van der Waals surface area contributed by atoms with Crippen LogP contribution in [0.2, 0.25) is 0 Å². The highest BCUT2D eigenvalue weighted by atomic mass is 15.1. The summed E-state index contributed by atoms with van der Waals surface area (Å²) in [4.78, 5) is 2.45. The van der Waals surface area contributed by atoms with Crippen LogP contribution < -0.4 is 5.32 Å². The molecule has 0 fully saturated rings. The molecular formula is C19H22N2. The van der Waals surface area contributed by atoms with Gasteiger partial charge >= 0.3 is 0 Å². The SMILES string of the molecule is CN1Cc2ccccc2C(C2Cc3ccccc3CN2)C1. The molecule has 2 aromatic carbocycles. The Kier molecular flexibility index (Phi) is 3.28. The number of nitrogens with one attached hydrogen (secondary N) is 1. The van der Waals surface area contributed by atoms with Gasteiger partial charge in [0.1, 0.15) is 0 Å². The zero-order valence-corrected chi connectivity index (χ0v) is 12.5. The quantitative estimate of drug-likeness (QED) is 0.863. The van der Waals surface area contributed by atoms with E-state index in [9.17, 15) is 0 Å². The van der Waals surface area contributed by atoms with Gasteiger partial charge in [0.15, 0.2) is 0 Å². The predicted molar refractivity (Wildman–Crippen MR) is 86.3 cm³/mol. The minimum atomic E-state index is 0.545. The van der Waals surface area contributed by atoms with Gasteiger partial charge in [-0.3, -0.25) is 0 Å². The summed E-state index contributed by atoms with van der Waals surface area (Å²) in [6.45, 7) is 3.23. The zero-order chi connectivity index (χ0) is 14.2. The molecule has 0 spiro atoms. The maximum atomic E-state index is 3.78. The number of benzene rings is 2. The lowest BCUT2D eigenvalue weighted by atomic mass is 9.80. The summed E-state index contributed by atoms with van der Waals surface area (Å²) >= 11 is 0. The maximum absolute atomic E-state index is 3.78. The van der Waals surface area contributed by atoms with Gasteiger partial charge < -0.3 is 10.2 Å². The molecule has 2 aromatic rings. The van der Waals surface area contributed by atoms with Gasteiger partial charge in [0.25, 0.3) is 0 Å². The predicted octanol–water partition coefficient (Wildman–Crippen LogP) is 2.93. The Morgan fingerprint density at radius 2 is 1.67 bits per heavy atom. The molecule has 2 heteroatoms. The average Bonchev–Trinajstić information content (AvgIpc) is 2.53. The van der Waals surface area contributed by atoms with Crippen LogP contribution in [-0.2, 0) is 19.5 Å². The molecule has 2 aliphatic rings. The lowest BCUT2D eigenvalue weighted by Crippen LogP contribution is -2.46. The molecule has 0 radical (unpaired) electrons. The van der Waals surface area contributed by atoms with Gasteiger partial charge in [-0.05, 0) is 35.7 Å². The van der Waals surface area contributed by atoms with Gasteiger partial charge in [-0.1, -0.05) is 48.5 Å². The minimum absolute atomic E-state index is 0.545. The van der Waals surface area contributed by atoms with Gasteiger partial charge in [0.2, 0.25) is 0 Å². The Hall–Kier alpha value is -1.64. The van der Waals surface area contributed by atoms with E-state index in [1.54, 1.807) is 5.56 Å². The lowest BCUT2D eigenvalue weighted by Gasteiger charge is -2.39. The van der Waals surface area contributed by atoms with Crippen molar-refractivity contribution >= 4 is 0 Å². The van der Waals surface area contributed by atoms with Crippen molar-refractivity contribution in [3.05, 3.63) is 70.8 Å². The van der Waals surface area contributed by atoms with Gasteiger partial charge in [-0.2, -0.15) is 0 Å². The van der Waals surface area contributed by atoms with E-state index < -0.39 is 0 Å². The third-order valence-electron chi connectivity index (χ3n) is 5.00. The van der Waals surface area contributed by atoms with Crippen LogP contribution in [-0.4, -0.2) is 24.5 Å². The first kappa shape index (κ1) is 13.1. The summed E-state index contributed by atoms with van der Waals surface area (Å²) in [5, 5.41) is 3.78. The molecular weight excluding hydrogens is 256 g/mol. The van der Waals surface area contributed by atoms with E-state index in [1.807, 2.05) is 0 Å². The monoisotopic (exact) mass is 278 g/mol. The summed E-state index contributed by atoms with van der Waals surface area (Å²) in [5.41, 5.74) is 6.03. The molecule has 2 atom stereocenters. The van der Waals surface area contributed by atoms with E-state index in [-0.39, 0.29) is 0 Å². The topological polar surface area (TPSA) is 15.3 Å². The van der Waals surface area contributed by atoms with Gasteiger partial charge in [0.05, 0.1) is 0 Å². The van der Waals surface area contributed by atoms with Crippen molar-refractivity contribution < 1.29 is 0 Å². The number of rotatable bonds is 1. The highest BCUT2D eigenvalue weighted by Crippen LogP contribution is 2.33. The van der Waals surface area contributed by atoms with Crippen molar-refractivity contribution in [2.45, 2.75) is 31.5 Å². The highest BCUT2D eigenvalue weighted by Gasteiger charge is 2.31. The first-order valence-corrected chi connectivity index (χ1v) is 7.88. The number of fused-ring (bicyclic) bond motifs is 2. The largest absolute Gasteiger partial charge is 0.309 e. The van der Waals surface area contributed by atoms with E-state index in [0.717, 1.165) is 26.1 Å². The van der Waals surface area contributed by atoms with E-state index in [2.05, 4.69) is 65.8 Å². The van der Waals surface area contributed by atoms with E-state index >= 15 is 0 Å². The van der Waals surface area contributed by atoms with Gasteiger partial charge in [-0.15, -0.1) is 0 Å². The second kappa shape index (κ2) is 5.28. The van der Waals surface area contributed by atoms with Crippen LogP contribution in [0.1, 0.15) is 28.2 Å². The molecule has 4 rings (SSSR count). The Balaban J connectivity index is 1.66. The first-order chi connectivity index (χ1) is 10.3. The third-order valence-corrected chi connectivity index (χ3v) is 5.00. The fourth-order valence-electron chi connectivity index (χ4n) is 3.94. The Morgan fingerprint density at radius 3 is 2.52 bits per heavy atom. The van der Waals surface area contributed by atoms with Crippen molar-refractivity contribution in [2.75, 3.05) is 13.6 Å². The number of likely N-dealkylation sites (N-methyl/N-ethyl adjacent to an activating group) is 1. The Morgan fingerprint density at radius 1 is 0.952 bits per heavy atom. The molecule has 21 heavy (non-hydrogen) atoms. The minimum Gasteiger partial charge on any atom is -0.309 e. The highest BCUT2D eigenvalue weighted by molar-refractivity contribution is 5.37. The van der Waals surface area contributed by atoms with E-state index in [4.69, 9.17) is 0 Å². The second-order valence-corrected chi connectivity index (χ2v) is 6.46. The van der Waals surface area contributed by atoms with Crippen molar-refractivity contribution in [3.8, 4) is 0 Å². The van der Waals surface area contributed by atoms with Gasteiger partial charge in [0, 0.05) is 31.6 Å². The first-order valence-electron chi connectivity index (χ1n) is 7.88. The van der Waals surface area contributed by atoms with E-state index in [1.165, 1.54) is 16.7 Å². The lowest BCUT2D eigenvalue weighted by molar-refractivity contribution is 0.244. The number of nitrogens with zero attached hydrogens (tertiary/aromatic N) is 1. The van der Waals surface area contributed by atoms with Crippen molar-refractivity contribution in [1.82, 2.24) is 10.2 Å². The van der Waals surface area contributed by atoms with E-state index in [0.29, 0.717) is 12.0 Å².